The summed E-state index contributed by atoms with van der Waals surface area (Å²) in [4.78, 5) is 0. The van der Waals surface area contributed by atoms with Crippen LogP contribution < -0.4 is 0 Å². The van der Waals surface area contributed by atoms with Gasteiger partial charge in [-0.2, -0.15) is 0 Å². The van der Waals surface area contributed by atoms with Crippen LogP contribution in [0, 0.1) is 0 Å². The van der Waals surface area contributed by atoms with E-state index in [-0.39, 0.29) is 5.60 Å². The Hall–Kier alpha value is -0.560. The fourth-order valence-corrected chi connectivity index (χ4v) is 0.859. The Bertz CT molecular complexity index is 127. The van der Waals surface area contributed by atoms with Gasteiger partial charge in [0.1, 0.15) is 0 Å². The van der Waals surface area contributed by atoms with E-state index in [2.05, 4.69) is 6.58 Å². The Labute approximate surface area is 63.4 Å². The van der Waals surface area contributed by atoms with Gasteiger partial charge in [-0.05, 0) is 20.3 Å². The van der Waals surface area contributed by atoms with Crippen molar-refractivity contribution in [2.24, 2.45) is 0 Å². The lowest BCUT2D eigenvalue weighted by molar-refractivity contribution is 0.0515. The molecule has 0 aromatic rings. The largest absolute Gasteiger partial charge is 0.374 e. The van der Waals surface area contributed by atoms with Crippen LogP contribution in [0.2, 0.25) is 0 Å². The van der Waals surface area contributed by atoms with Crippen LogP contribution in [0.5, 0.6) is 0 Å². The summed E-state index contributed by atoms with van der Waals surface area (Å²) >= 11 is 0. The fraction of sp³-hybridized carbons (Fsp3) is 0.556. The zero-order valence-corrected chi connectivity index (χ0v) is 7.05. The third-order valence-electron chi connectivity index (χ3n) is 1.54. The van der Waals surface area contributed by atoms with Gasteiger partial charge in [-0.1, -0.05) is 18.2 Å². The summed E-state index contributed by atoms with van der Waals surface area (Å²) in [6.07, 6.45) is 6.75. The second-order valence-corrected chi connectivity index (χ2v) is 2.51. The highest BCUT2D eigenvalue weighted by atomic mass is 16.5. The number of rotatable bonds is 4. The number of methoxy groups -OCH3 is 1. The normalized spacial score (nSPS) is 17.1. The highest BCUT2D eigenvalue weighted by Gasteiger charge is 2.16. The van der Waals surface area contributed by atoms with Crippen molar-refractivity contribution in [3.05, 3.63) is 24.8 Å². The first-order valence-corrected chi connectivity index (χ1v) is 3.48. The van der Waals surface area contributed by atoms with Gasteiger partial charge in [-0.15, -0.1) is 6.58 Å². The van der Waals surface area contributed by atoms with Crippen LogP contribution in [-0.2, 0) is 4.74 Å². The Morgan fingerprint density at radius 1 is 1.60 bits per heavy atom. The maximum absolute atomic E-state index is 5.26. The van der Waals surface area contributed by atoms with E-state index < -0.39 is 0 Å². The molecule has 0 rings (SSSR count). The predicted molar refractivity (Wildman–Crippen MR) is 45.0 cm³/mol. The quantitative estimate of drug-likeness (QED) is 0.545. The molecule has 1 nitrogen and oxygen atoms in total. The van der Waals surface area contributed by atoms with Crippen molar-refractivity contribution in [3.63, 3.8) is 0 Å². The minimum absolute atomic E-state index is 0.156. The SMILES string of the molecule is C=CCC(C)(/C=C/C)OC. The second kappa shape index (κ2) is 4.29. The Morgan fingerprint density at radius 3 is 2.50 bits per heavy atom. The maximum atomic E-state index is 5.26. The van der Waals surface area contributed by atoms with Crippen molar-refractivity contribution in [1.29, 1.82) is 0 Å². The van der Waals surface area contributed by atoms with Gasteiger partial charge in [0.05, 0.1) is 5.60 Å². The molecule has 0 N–H and O–H groups in total. The molecule has 0 aliphatic carbocycles. The summed E-state index contributed by atoms with van der Waals surface area (Å²) in [6.45, 7) is 7.68. The third-order valence-corrected chi connectivity index (χ3v) is 1.54. The summed E-state index contributed by atoms with van der Waals surface area (Å²) in [5.41, 5.74) is -0.156. The van der Waals surface area contributed by atoms with Gasteiger partial charge in [0.2, 0.25) is 0 Å². The molecule has 0 amide bonds. The number of hydrogen-bond acceptors (Lipinski definition) is 1. The Kier molecular flexibility index (Phi) is 4.05. The Balaban J connectivity index is 4.06. The standard InChI is InChI=1S/C9H16O/c1-5-7-9(3,10-4)8-6-2/h5-6,8H,1,7H2,2-4H3/b8-6+. The molecular weight excluding hydrogens is 124 g/mol. The Morgan fingerprint density at radius 2 is 2.20 bits per heavy atom. The monoisotopic (exact) mass is 140 g/mol. The van der Waals surface area contributed by atoms with E-state index in [0.717, 1.165) is 6.42 Å². The van der Waals surface area contributed by atoms with Gasteiger partial charge >= 0.3 is 0 Å². The lowest BCUT2D eigenvalue weighted by Gasteiger charge is -2.22. The van der Waals surface area contributed by atoms with Crippen LogP contribution in [0.25, 0.3) is 0 Å². The lowest BCUT2D eigenvalue weighted by atomic mass is 10.0. The van der Waals surface area contributed by atoms with Gasteiger partial charge in [-0.3, -0.25) is 0 Å². The van der Waals surface area contributed by atoms with Crippen LogP contribution in [-0.4, -0.2) is 12.7 Å². The number of allylic oxidation sites excluding steroid dienone is 1. The second-order valence-electron chi connectivity index (χ2n) is 2.51. The van der Waals surface area contributed by atoms with E-state index in [1.807, 2.05) is 32.1 Å². The highest BCUT2D eigenvalue weighted by Crippen LogP contribution is 2.15. The molecule has 0 aliphatic rings. The first-order valence-electron chi connectivity index (χ1n) is 3.48. The van der Waals surface area contributed by atoms with Crippen LogP contribution in [0.15, 0.2) is 24.8 Å². The highest BCUT2D eigenvalue weighted by molar-refractivity contribution is 5.01. The van der Waals surface area contributed by atoms with Crippen molar-refractivity contribution in [2.75, 3.05) is 7.11 Å². The lowest BCUT2D eigenvalue weighted by Crippen LogP contribution is -2.22. The average molecular weight is 140 g/mol. The molecule has 0 bridgehead atoms. The van der Waals surface area contributed by atoms with Crippen LogP contribution in [0.4, 0.5) is 0 Å². The molecule has 0 saturated carbocycles. The maximum Gasteiger partial charge on any atom is 0.0864 e. The summed E-state index contributed by atoms with van der Waals surface area (Å²) in [5, 5.41) is 0. The predicted octanol–water partition coefficient (Wildman–Crippen LogP) is 2.54. The zero-order valence-electron chi connectivity index (χ0n) is 7.05. The molecule has 1 heteroatoms. The molecule has 1 unspecified atom stereocenters. The summed E-state index contributed by atoms with van der Waals surface area (Å²) in [6, 6.07) is 0. The van der Waals surface area contributed by atoms with Crippen molar-refractivity contribution in [1.82, 2.24) is 0 Å². The van der Waals surface area contributed by atoms with Gasteiger partial charge in [0, 0.05) is 7.11 Å². The molecule has 10 heavy (non-hydrogen) atoms. The van der Waals surface area contributed by atoms with Crippen molar-refractivity contribution < 1.29 is 4.74 Å². The fourth-order valence-electron chi connectivity index (χ4n) is 0.859. The molecule has 1 atom stereocenters. The summed E-state index contributed by atoms with van der Waals surface area (Å²) < 4.78 is 5.26. The van der Waals surface area contributed by atoms with Crippen molar-refractivity contribution in [3.8, 4) is 0 Å². The van der Waals surface area contributed by atoms with E-state index in [1.54, 1.807) is 7.11 Å². The van der Waals surface area contributed by atoms with Gasteiger partial charge < -0.3 is 4.74 Å². The van der Waals surface area contributed by atoms with E-state index in [4.69, 9.17) is 4.74 Å². The first-order chi connectivity index (χ1) is 4.68. The molecule has 0 heterocycles. The molecule has 0 radical (unpaired) electrons. The van der Waals surface area contributed by atoms with Crippen molar-refractivity contribution >= 4 is 0 Å². The smallest absolute Gasteiger partial charge is 0.0864 e. The topological polar surface area (TPSA) is 9.23 Å². The van der Waals surface area contributed by atoms with Gasteiger partial charge in [0.25, 0.3) is 0 Å². The third kappa shape index (κ3) is 2.83. The average Bonchev–Trinajstić information content (AvgIpc) is 1.89. The van der Waals surface area contributed by atoms with Crippen LogP contribution in [0.1, 0.15) is 20.3 Å². The van der Waals surface area contributed by atoms with E-state index >= 15 is 0 Å². The van der Waals surface area contributed by atoms with Crippen LogP contribution >= 0.6 is 0 Å². The zero-order chi connectivity index (χ0) is 8.04. The molecule has 0 saturated heterocycles. The van der Waals surface area contributed by atoms with E-state index in [9.17, 15) is 0 Å². The van der Waals surface area contributed by atoms with Gasteiger partial charge in [-0.25, -0.2) is 0 Å². The van der Waals surface area contributed by atoms with E-state index in [0.29, 0.717) is 0 Å². The van der Waals surface area contributed by atoms with E-state index in [1.165, 1.54) is 0 Å². The number of hydrogen-bond donors (Lipinski definition) is 0. The molecule has 0 spiro atoms. The van der Waals surface area contributed by atoms with Crippen LogP contribution in [0.3, 0.4) is 0 Å². The molecule has 0 fully saturated rings. The summed E-state index contributed by atoms with van der Waals surface area (Å²) in [7, 11) is 1.71. The van der Waals surface area contributed by atoms with Crippen molar-refractivity contribution in [2.45, 2.75) is 25.9 Å². The molecule has 0 aromatic heterocycles. The minimum Gasteiger partial charge on any atom is -0.374 e. The first kappa shape index (κ1) is 9.44. The minimum atomic E-state index is -0.156. The van der Waals surface area contributed by atoms with Gasteiger partial charge in [0.15, 0.2) is 0 Å². The summed E-state index contributed by atoms with van der Waals surface area (Å²) in [5.74, 6) is 0. The molecular formula is C9H16O. The molecule has 0 aliphatic heterocycles. The molecule has 58 valence electrons. The molecule has 0 aromatic carbocycles. The number of ether oxygens (including phenoxy) is 1.